The van der Waals surface area contributed by atoms with Gasteiger partial charge in [0, 0.05) is 44.1 Å². The van der Waals surface area contributed by atoms with Crippen molar-refractivity contribution in [2.45, 2.75) is 13.0 Å². The number of rotatable bonds is 5. The summed E-state index contributed by atoms with van der Waals surface area (Å²) in [4.78, 5) is 25.4. The van der Waals surface area contributed by atoms with Gasteiger partial charge in [-0.15, -0.1) is 0 Å². The molecule has 0 saturated carbocycles. The topological polar surface area (TPSA) is 67.2 Å². The summed E-state index contributed by atoms with van der Waals surface area (Å²) in [7, 11) is 0. The molecule has 3 aromatic rings. The van der Waals surface area contributed by atoms with Gasteiger partial charge in [-0.2, -0.15) is 5.10 Å². The summed E-state index contributed by atoms with van der Waals surface area (Å²) < 4.78 is 26.0. The Hall–Kier alpha value is -3.36. The summed E-state index contributed by atoms with van der Waals surface area (Å²) in [5.41, 5.74) is 1.13. The fourth-order valence-electron chi connectivity index (χ4n) is 3.27. The lowest BCUT2D eigenvalue weighted by Gasteiger charge is -2.35. The third kappa shape index (κ3) is 4.39. The zero-order valence-electron chi connectivity index (χ0n) is 15.7. The van der Waals surface area contributed by atoms with Crippen LogP contribution in [-0.2, 0) is 6.54 Å². The second-order valence-corrected chi connectivity index (χ2v) is 6.70. The summed E-state index contributed by atoms with van der Waals surface area (Å²) in [5.74, 6) is 1.23. The van der Waals surface area contributed by atoms with Crippen molar-refractivity contribution in [3.63, 3.8) is 0 Å². The molecule has 0 N–H and O–H groups in total. The van der Waals surface area contributed by atoms with Gasteiger partial charge in [0.15, 0.2) is 5.82 Å². The number of nitrogens with zero attached hydrogens (tertiary/aromatic N) is 6. The molecule has 1 saturated heterocycles. The first kappa shape index (κ1) is 19.0. The second kappa shape index (κ2) is 8.34. The van der Waals surface area contributed by atoms with Crippen LogP contribution in [0.25, 0.3) is 11.4 Å². The lowest BCUT2D eigenvalue weighted by Crippen LogP contribution is -2.49. The highest BCUT2D eigenvalue weighted by Gasteiger charge is 2.24. The first-order chi connectivity index (χ1) is 14.1. The van der Waals surface area contributed by atoms with Gasteiger partial charge in [-0.3, -0.25) is 9.48 Å². The third-order valence-electron chi connectivity index (χ3n) is 4.75. The van der Waals surface area contributed by atoms with Crippen LogP contribution in [0, 0.1) is 0 Å². The Labute approximate surface area is 166 Å². The van der Waals surface area contributed by atoms with E-state index >= 15 is 0 Å². The van der Waals surface area contributed by atoms with Crippen molar-refractivity contribution < 1.29 is 13.6 Å². The van der Waals surface area contributed by atoms with Crippen molar-refractivity contribution in [1.29, 1.82) is 0 Å². The van der Waals surface area contributed by atoms with Gasteiger partial charge in [-0.1, -0.05) is 30.3 Å². The van der Waals surface area contributed by atoms with Crippen LogP contribution in [0.2, 0.25) is 0 Å². The molecular formula is C20H20F2N6O. The normalized spacial score (nSPS) is 14.4. The van der Waals surface area contributed by atoms with E-state index in [2.05, 4.69) is 20.0 Å². The lowest BCUT2D eigenvalue weighted by atomic mass is 10.2. The minimum absolute atomic E-state index is 0.187. The Balaban J connectivity index is 1.39. The van der Waals surface area contributed by atoms with Gasteiger partial charge in [0.2, 0.25) is 0 Å². The number of anilines is 1. The van der Waals surface area contributed by atoms with E-state index in [1.165, 1.54) is 12.3 Å². The highest BCUT2D eigenvalue weighted by Crippen LogP contribution is 2.19. The van der Waals surface area contributed by atoms with Gasteiger partial charge in [0.05, 0.1) is 0 Å². The van der Waals surface area contributed by atoms with E-state index in [0.29, 0.717) is 32.0 Å². The number of hydrogen-bond acceptors (Lipinski definition) is 5. The van der Waals surface area contributed by atoms with Gasteiger partial charge in [-0.25, -0.2) is 18.7 Å². The molecule has 0 bridgehead atoms. The van der Waals surface area contributed by atoms with E-state index in [4.69, 9.17) is 0 Å². The number of piperazine rings is 1. The maximum Gasteiger partial charge on any atom is 0.274 e. The van der Waals surface area contributed by atoms with Crippen LogP contribution in [-0.4, -0.2) is 63.2 Å². The maximum atomic E-state index is 12.6. The molecule has 29 heavy (non-hydrogen) atoms. The number of benzene rings is 1. The van der Waals surface area contributed by atoms with Crippen LogP contribution in [0.15, 0.2) is 54.9 Å². The van der Waals surface area contributed by atoms with E-state index in [1.807, 2.05) is 36.4 Å². The quantitative estimate of drug-likeness (QED) is 0.661. The number of carbonyl (C=O) groups is 1. The number of aromatic nitrogens is 4. The zero-order chi connectivity index (χ0) is 20.2. The molecule has 4 rings (SSSR count). The first-order valence-electron chi connectivity index (χ1n) is 9.34. The predicted molar refractivity (Wildman–Crippen MR) is 104 cm³/mol. The smallest absolute Gasteiger partial charge is 0.274 e. The van der Waals surface area contributed by atoms with Crippen LogP contribution < -0.4 is 4.90 Å². The molecule has 0 aliphatic carbocycles. The van der Waals surface area contributed by atoms with Gasteiger partial charge in [0.25, 0.3) is 12.3 Å². The Morgan fingerprint density at radius 2 is 1.79 bits per heavy atom. The summed E-state index contributed by atoms with van der Waals surface area (Å²) in [6.45, 7) is 1.73. The Bertz CT molecular complexity index is 970. The molecule has 3 heterocycles. The van der Waals surface area contributed by atoms with Crippen LogP contribution in [0.5, 0.6) is 0 Å². The monoisotopic (exact) mass is 398 g/mol. The molecule has 1 amide bonds. The second-order valence-electron chi connectivity index (χ2n) is 6.70. The van der Waals surface area contributed by atoms with E-state index < -0.39 is 13.0 Å². The molecule has 9 heteroatoms. The van der Waals surface area contributed by atoms with Crippen LogP contribution in [0.1, 0.15) is 10.5 Å². The molecule has 1 fully saturated rings. The highest BCUT2D eigenvalue weighted by atomic mass is 19.3. The molecule has 2 aromatic heterocycles. The van der Waals surface area contributed by atoms with Crippen LogP contribution >= 0.6 is 0 Å². The van der Waals surface area contributed by atoms with Crippen molar-refractivity contribution in [3.05, 3.63) is 60.6 Å². The molecule has 1 aliphatic rings. The number of carbonyl (C=O) groups excluding carboxylic acids is 1. The standard InChI is InChI=1S/C20H20F2N6O/c21-17(22)14-28-9-7-16(25-28)20(29)27-12-10-26(11-13-27)18-6-8-23-19(24-18)15-4-2-1-3-5-15/h1-9,17H,10-14H2. The van der Waals surface area contributed by atoms with Gasteiger partial charge in [-0.05, 0) is 12.1 Å². The minimum atomic E-state index is -2.50. The summed E-state index contributed by atoms with van der Waals surface area (Å²) in [5, 5.41) is 3.96. The van der Waals surface area contributed by atoms with Crippen molar-refractivity contribution >= 4 is 11.7 Å². The zero-order valence-corrected chi connectivity index (χ0v) is 15.7. The van der Waals surface area contributed by atoms with Crippen LogP contribution in [0.3, 0.4) is 0 Å². The summed E-state index contributed by atoms with van der Waals surface area (Å²) >= 11 is 0. The molecule has 0 radical (unpaired) electrons. The fourth-order valence-corrected chi connectivity index (χ4v) is 3.27. The largest absolute Gasteiger partial charge is 0.353 e. The highest BCUT2D eigenvalue weighted by molar-refractivity contribution is 5.92. The SMILES string of the molecule is O=C(c1ccn(CC(F)F)n1)N1CCN(c2ccnc(-c3ccccc3)n2)CC1. The van der Waals surface area contributed by atoms with E-state index in [9.17, 15) is 13.6 Å². The minimum Gasteiger partial charge on any atom is -0.353 e. The molecule has 150 valence electrons. The maximum absolute atomic E-state index is 12.6. The average Bonchev–Trinajstić information content (AvgIpc) is 3.22. The molecule has 7 nitrogen and oxygen atoms in total. The van der Waals surface area contributed by atoms with E-state index in [-0.39, 0.29) is 11.6 Å². The van der Waals surface area contributed by atoms with Gasteiger partial charge in [0.1, 0.15) is 18.1 Å². The van der Waals surface area contributed by atoms with Crippen LogP contribution in [0.4, 0.5) is 14.6 Å². The summed E-state index contributed by atoms with van der Waals surface area (Å²) in [6.07, 6.45) is 0.634. The molecular weight excluding hydrogens is 378 g/mol. The average molecular weight is 398 g/mol. The summed E-state index contributed by atoms with van der Waals surface area (Å²) in [6, 6.07) is 13.1. The molecule has 0 spiro atoms. The Morgan fingerprint density at radius 3 is 2.52 bits per heavy atom. The first-order valence-corrected chi connectivity index (χ1v) is 9.34. The van der Waals surface area contributed by atoms with Crippen molar-refractivity contribution in [3.8, 4) is 11.4 Å². The number of amides is 1. The van der Waals surface area contributed by atoms with Gasteiger partial charge >= 0.3 is 0 Å². The van der Waals surface area contributed by atoms with Crippen molar-refractivity contribution in [2.24, 2.45) is 0 Å². The molecule has 1 aromatic carbocycles. The van der Waals surface area contributed by atoms with Gasteiger partial charge < -0.3 is 9.80 Å². The Kier molecular flexibility index (Phi) is 5.46. The number of alkyl halides is 2. The Morgan fingerprint density at radius 1 is 1.03 bits per heavy atom. The van der Waals surface area contributed by atoms with E-state index in [0.717, 1.165) is 16.1 Å². The lowest BCUT2D eigenvalue weighted by molar-refractivity contribution is 0.0736. The van der Waals surface area contributed by atoms with Crippen molar-refractivity contribution in [1.82, 2.24) is 24.6 Å². The van der Waals surface area contributed by atoms with Crippen molar-refractivity contribution in [2.75, 3.05) is 31.1 Å². The molecule has 0 atom stereocenters. The molecule has 1 aliphatic heterocycles. The van der Waals surface area contributed by atoms with E-state index in [1.54, 1.807) is 11.1 Å². The number of halogens is 2. The predicted octanol–water partition coefficient (Wildman–Crippen LogP) is 2.57. The molecule has 0 unspecified atom stereocenters. The third-order valence-corrected chi connectivity index (χ3v) is 4.75. The fraction of sp³-hybridized carbons (Fsp3) is 0.300. The number of hydrogen-bond donors (Lipinski definition) is 0.